The Kier molecular flexibility index (Phi) is 3.81. The smallest absolute Gasteiger partial charge is 0.280 e. The molecular formula is C7H6ClF2IN2. The molecule has 0 aliphatic carbocycles. The summed E-state index contributed by atoms with van der Waals surface area (Å²) >= 11 is 7.70. The van der Waals surface area contributed by atoms with Crippen molar-refractivity contribution in [1.82, 2.24) is 4.98 Å². The Hall–Kier alpha value is -0.0100. The molecule has 0 aromatic carbocycles. The van der Waals surface area contributed by atoms with E-state index in [2.05, 4.69) is 4.98 Å². The number of aromatic nitrogens is 1. The summed E-state index contributed by atoms with van der Waals surface area (Å²) in [5, 5.41) is 0.272. The van der Waals surface area contributed by atoms with Crippen LogP contribution in [-0.4, -0.2) is 4.98 Å². The highest BCUT2D eigenvalue weighted by molar-refractivity contribution is 14.1. The molecule has 0 unspecified atom stereocenters. The topological polar surface area (TPSA) is 38.9 Å². The van der Waals surface area contributed by atoms with E-state index >= 15 is 0 Å². The first-order valence-corrected chi connectivity index (χ1v) is 4.84. The third kappa shape index (κ3) is 2.26. The predicted molar refractivity (Wildman–Crippen MR) is 54.8 cm³/mol. The van der Waals surface area contributed by atoms with Crippen LogP contribution in [0.5, 0.6) is 0 Å². The van der Waals surface area contributed by atoms with Gasteiger partial charge in [0.2, 0.25) is 0 Å². The Balaban J connectivity index is 3.30. The van der Waals surface area contributed by atoms with E-state index in [1.165, 1.54) is 6.20 Å². The molecule has 1 aromatic rings. The molecule has 0 aliphatic heterocycles. The number of alkyl halides is 2. The van der Waals surface area contributed by atoms with E-state index in [-0.39, 0.29) is 22.8 Å². The van der Waals surface area contributed by atoms with Crippen LogP contribution in [-0.2, 0) is 6.54 Å². The van der Waals surface area contributed by atoms with Crippen molar-refractivity contribution in [3.63, 3.8) is 0 Å². The molecule has 0 saturated heterocycles. The number of hydrogen-bond donors (Lipinski definition) is 1. The van der Waals surface area contributed by atoms with Gasteiger partial charge in [0.25, 0.3) is 6.43 Å². The molecule has 0 fully saturated rings. The van der Waals surface area contributed by atoms with Gasteiger partial charge < -0.3 is 5.73 Å². The molecule has 0 spiro atoms. The number of halogens is 4. The van der Waals surface area contributed by atoms with Crippen molar-refractivity contribution in [3.8, 4) is 0 Å². The average Bonchev–Trinajstić information content (AvgIpc) is 2.09. The molecule has 0 aliphatic rings. The molecule has 13 heavy (non-hydrogen) atoms. The van der Waals surface area contributed by atoms with E-state index in [1.54, 1.807) is 0 Å². The van der Waals surface area contributed by atoms with Crippen LogP contribution in [0.25, 0.3) is 0 Å². The van der Waals surface area contributed by atoms with Crippen molar-refractivity contribution in [2.75, 3.05) is 0 Å². The second kappa shape index (κ2) is 4.47. The Labute approximate surface area is 92.6 Å². The van der Waals surface area contributed by atoms with Gasteiger partial charge >= 0.3 is 0 Å². The quantitative estimate of drug-likeness (QED) is 0.852. The van der Waals surface area contributed by atoms with Crippen molar-refractivity contribution in [2.24, 2.45) is 5.73 Å². The lowest BCUT2D eigenvalue weighted by Crippen LogP contribution is -2.06. The fraction of sp³-hybridized carbons (Fsp3) is 0.286. The largest absolute Gasteiger partial charge is 0.326 e. The van der Waals surface area contributed by atoms with Crippen molar-refractivity contribution in [2.45, 2.75) is 13.0 Å². The van der Waals surface area contributed by atoms with Crippen molar-refractivity contribution in [3.05, 3.63) is 26.0 Å². The summed E-state index contributed by atoms with van der Waals surface area (Å²) < 4.78 is 25.3. The van der Waals surface area contributed by atoms with Gasteiger partial charge in [0, 0.05) is 18.3 Å². The van der Waals surface area contributed by atoms with E-state index in [0.29, 0.717) is 3.57 Å². The van der Waals surface area contributed by atoms with Crippen LogP contribution in [0.4, 0.5) is 8.78 Å². The molecule has 1 aromatic heterocycles. The van der Waals surface area contributed by atoms with E-state index in [0.717, 1.165) is 0 Å². The van der Waals surface area contributed by atoms with Crippen LogP contribution in [0.15, 0.2) is 6.20 Å². The maximum atomic E-state index is 12.3. The normalized spacial score (nSPS) is 10.9. The molecule has 0 radical (unpaired) electrons. The average molecular weight is 318 g/mol. The van der Waals surface area contributed by atoms with E-state index in [1.807, 2.05) is 22.6 Å². The first kappa shape index (κ1) is 11.1. The van der Waals surface area contributed by atoms with Crippen LogP contribution in [0.1, 0.15) is 17.7 Å². The fourth-order valence-corrected chi connectivity index (χ4v) is 1.59. The van der Waals surface area contributed by atoms with E-state index in [9.17, 15) is 8.78 Å². The van der Waals surface area contributed by atoms with Gasteiger partial charge in [0.15, 0.2) is 0 Å². The lowest BCUT2D eigenvalue weighted by atomic mass is 10.2. The number of nitrogens with zero attached hydrogens (tertiary/aromatic N) is 1. The molecule has 0 bridgehead atoms. The van der Waals surface area contributed by atoms with Crippen molar-refractivity contribution >= 4 is 34.2 Å². The standard InChI is InChI=1S/C7H6ClF2IN2/c8-5-3(1-12)6(7(9)10)13-2-4(5)11/h2,7H,1,12H2. The van der Waals surface area contributed by atoms with E-state index in [4.69, 9.17) is 17.3 Å². The highest BCUT2D eigenvalue weighted by Gasteiger charge is 2.17. The number of nitrogens with two attached hydrogens (primary N) is 1. The summed E-state index contributed by atoms with van der Waals surface area (Å²) in [6.07, 6.45) is -1.32. The minimum absolute atomic E-state index is 0.0254. The molecule has 72 valence electrons. The van der Waals surface area contributed by atoms with Crippen LogP contribution in [0, 0.1) is 3.57 Å². The van der Waals surface area contributed by atoms with Gasteiger partial charge in [-0.05, 0) is 22.6 Å². The summed E-state index contributed by atoms with van der Waals surface area (Å²) in [5.74, 6) is 0. The number of pyridine rings is 1. The lowest BCUT2D eigenvalue weighted by molar-refractivity contribution is 0.145. The lowest BCUT2D eigenvalue weighted by Gasteiger charge is -2.08. The monoisotopic (exact) mass is 318 g/mol. The summed E-state index contributed by atoms with van der Waals surface area (Å²) in [5.41, 5.74) is 5.20. The predicted octanol–water partition coefficient (Wildman–Crippen LogP) is 2.74. The SMILES string of the molecule is NCc1c(C(F)F)ncc(I)c1Cl. The molecule has 0 atom stereocenters. The molecule has 1 heterocycles. The summed E-state index contributed by atoms with van der Waals surface area (Å²) in [7, 11) is 0. The molecule has 1 rings (SSSR count). The number of hydrogen-bond acceptors (Lipinski definition) is 2. The Morgan fingerprint density at radius 2 is 2.23 bits per heavy atom. The second-order valence-corrected chi connectivity index (χ2v) is 3.83. The van der Waals surface area contributed by atoms with Gasteiger partial charge in [0.05, 0.1) is 8.59 Å². The molecule has 2 nitrogen and oxygen atoms in total. The molecule has 6 heteroatoms. The number of rotatable bonds is 2. The van der Waals surface area contributed by atoms with Crippen molar-refractivity contribution in [1.29, 1.82) is 0 Å². The highest BCUT2D eigenvalue weighted by Crippen LogP contribution is 2.29. The minimum Gasteiger partial charge on any atom is -0.326 e. The van der Waals surface area contributed by atoms with Gasteiger partial charge in [0.1, 0.15) is 5.69 Å². The zero-order valence-corrected chi connectivity index (χ0v) is 9.31. The maximum absolute atomic E-state index is 12.3. The molecular weight excluding hydrogens is 312 g/mol. The van der Waals surface area contributed by atoms with Gasteiger partial charge in [-0.1, -0.05) is 11.6 Å². The van der Waals surface area contributed by atoms with Crippen molar-refractivity contribution < 1.29 is 8.78 Å². The Morgan fingerprint density at radius 1 is 1.62 bits per heavy atom. The third-order valence-electron chi connectivity index (χ3n) is 1.51. The summed E-state index contributed by atoms with van der Waals surface area (Å²) in [6.45, 7) is -0.0254. The minimum atomic E-state index is -2.63. The Morgan fingerprint density at radius 3 is 2.69 bits per heavy atom. The molecule has 0 saturated carbocycles. The second-order valence-electron chi connectivity index (χ2n) is 2.29. The van der Waals surface area contributed by atoms with Crippen LogP contribution < -0.4 is 5.73 Å². The van der Waals surface area contributed by atoms with Crippen LogP contribution >= 0.6 is 34.2 Å². The fourth-order valence-electron chi connectivity index (χ4n) is 0.900. The van der Waals surface area contributed by atoms with Crippen LogP contribution in [0.3, 0.4) is 0 Å². The summed E-state index contributed by atoms with van der Waals surface area (Å²) in [4.78, 5) is 3.59. The summed E-state index contributed by atoms with van der Waals surface area (Å²) in [6, 6.07) is 0. The van der Waals surface area contributed by atoms with Gasteiger partial charge in [-0.15, -0.1) is 0 Å². The van der Waals surface area contributed by atoms with E-state index < -0.39 is 6.43 Å². The van der Waals surface area contributed by atoms with Gasteiger partial charge in [-0.3, -0.25) is 4.98 Å². The first-order chi connectivity index (χ1) is 6.07. The molecule has 2 N–H and O–H groups in total. The first-order valence-electron chi connectivity index (χ1n) is 3.39. The van der Waals surface area contributed by atoms with Gasteiger partial charge in [-0.2, -0.15) is 0 Å². The van der Waals surface area contributed by atoms with Gasteiger partial charge in [-0.25, -0.2) is 8.78 Å². The maximum Gasteiger partial charge on any atom is 0.280 e. The third-order valence-corrected chi connectivity index (χ3v) is 3.08. The Bertz CT molecular complexity index is 320. The highest BCUT2D eigenvalue weighted by atomic mass is 127. The van der Waals surface area contributed by atoms with Crippen LogP contribution in [0.2, 0.25) is 5.02 Å². The molecule has 0 amide bonds. The zero-order valence-electron chi connectivity index (χ0n) is 6.40. The zero-order chi connectivity index (χ0) is 10.0.